The normalized spacial score (nSPS) is 12.1. The molecule has 1 heterocycles. The van der Waals surface area contributed by atoms with Crippen molar-refractivity contribution in [3.05, 3.63) is 52.0 Å². The van der Waals surface area contributed by atoms with Gasteiger partial charge in [-0.25, -0.2) is 0 Å². The minimum atomic E-state index is -0.0869. The van der Waals surface area contributed by atoms with Crippen molar-refractivity contribution in [1.82, 2.24) is 4.37 Å². The van der Waals surface area contributed by atoms with Crippen LogP contribution in [0.3, 0.4) is 0 Å². The molecule has 3 heteroatoms. The van der Waals surface area contributed by atoms with Gasteiger partial charge >= 0.3 is 0 Å². The van der Waals surface area contributed by atoms with Crippen LogP contribution in [0.25, 0.3) is 0 Å². The molecular weight excluding hydrogens is 228 g/mol. The van der Waals surface area contributed by atoms with E-state index in [0.29, 0.717) is 0 Å². The van der Waals surface area contributed by atoms with Gasteiger partial charge in [-0.3, -0.25) is 0 Å². The lowest BCUT2D eigenvalue weighted by Gasteiger charge is -2.09. The average molecular weight is 242 g/mol. The fourth-order valence-corrected chi connectivity index (χ4v) is 2.81. The second-order valence-electron chi connectivity index (χ2n) is 4.11. The predicted molar refractivity (Wildman–Crippen MR) is 70.1 cm³/mol. The Morgan fingerprint density at radius 1 is 1.29 bits per heavy atom. The molecular formula is C14H14N2S. The van der Waals surface area contributed by atoms with E-state index in [9.17, 15) is 5.26 Å². The fraction of sp³-hybridized carbons (Fsp3) is 0.286. The third kappa shape index (κ3) is 2.54. The lowest BCUT2D eigenvalue weighted by atomic mass is 9.92. The molecule has 17 heavy (non-hydrogen) atoms. The van der Waals surface area contributed by atoms with Crippen LogP contribution in [0.5, 0.6) is 0 Å². The summed E-state index contributed by atoms with van der Waals surface area (Å²) in [6.07, 6.45) is 0.761. The maximum absolute atomic E-state index is 9.33. The summed E-state index contributed by atoms with van der Waals surface area (Å²) in [5.41, 5.74) is 3.31. The van der Waals surface area contributed by atoms with E-state index in [2.05, 4.69) is 22.6 Å². The number of aromatic nitrogens is 1. The Kier molecular flexibility index (Phi) is 3.55. The Labute approximate surface area is 106 Å². The first-order valence-electron chi connectivity index (χ1n) is 5.58. The number of hydrogen-bond acceptors (Lipinski definition) is 3. The lowest BCUT2D eigenvalue weighted by Crippen LogP contribution is -2.02. The van der Waals surface area contributed by atoms with Crippen LogP contribution in [0.15, 0.2) is 30.3 Å². The van der Waals surface area contributed by atoms with Crippen LogP contribution in [-0.4, -0.2) is 4.37 Å². The molecule has 0 aliphatic heterocycles. The molecule has 0 N–H and O–H groups in total. The summed E-state index contributed by atoms with van der Waals surface area (Å²) >= 11 is 1.48. The molecule has 0 bridgehead atoms. The summed E-state index contributed by atoms with van der Waals surface area (Å²) < 4.78 is 4.32. The number of nitrogens with zero attached hydrogens (tertiary/aromatic N) is 2. The lowest BCUT2D eigenvalue weighted by molar-refractivity contribution is 0.835. The molecule has 0 fully saturated rings. The Morgan fingerprint density at radius 3 is 2.53 bits per heavy atom. The molecule has 2 nitrogen and oxygen atoms in total. The Hall–Kier alpha value is -1.66. The average Bonchev–Trinajstić information content (AvgIpc) is 2.68. The number of rotatable bonds is 3. The third-order valence-corrected chi connectivity index (χ3v) is 3.73. The number of aryl methyl sites for hydroxylation is 2. The van der Waals surface area contributed by atoms with Crippen molar-refractivity contribution >= 4 is 11.5 Å². The number of benzene rings is 1. The zero-order valence-electron chi connectivity index (χ0n) is 9.97. The van der Waals surface area contributed by atoms with Gasteiger partial charge in [-0.05, 0) is 37.4 Å². The van der Waals surface area contributed by atoms with Gasteiger partial charge in [0.2, 0.25) is 0 Å². The van der Waals surface area contributed by atoms with Crippen molar-refractivity contribution in [1.29, 1.82) is 5.26 Å². The summed E-state index contributed by atoms with van der Waals surface area (Å²) in [6, 6.07) is 12.5. The fourth-order valence-electron chi connectivity index (χ4n) is 2.05. The zero-order chi connectivity index (χ0) is 12.3. The van der Waals surface area contributed by atoms with E-state index in [-0.39, 0.29) is 5.92 Å². The van der Waals surface area contributed by atoms with Gasteiger partial charge in [-0.2, -0.15) is 9.64 Å². The van der Waals surface area contributed by atoms with E-state index in [1.807, 2.05) is 32.0 Å². The molecule has 1 aromatic heterocycles. The van der Waals surface area contributed by atoms with Gasteiger partial charge in [-0.1, -0.05) is 30.3 Å². The second kappa shape index (κ2) is 5.11. The Bertz CT molecular complexity index is 518. The topological polar surface area (TPSA) is 36.7 Å². The van der Waals surface area contributed by atoms with Crippen LogP contribution in [-0.2, 0) is 6.42 Å². The molecule has 1 aromatic carbocycles. The minimum absolute atomic E-state index is 0.0869. The van der Waals surface area contributed by atoms with E-state index in [0.717, 1.165) is 22.6 Å². The van der Waals surface area contributed by atoms with Gasteiger partial charge in [0.05, 0.1) is 17.7 Å². The molecule has 2 rings (SSSR count). The molecule has 0 radical (unpaired) electrons. The van der Waals surface area contributed by atoms with Gasteiger partial charge in [0.1, 0.15) is 0 Å². The maximum atomic E-state index is 9.33. The van der Waals surface area contributed by atoms with Gasteiger partial charge in [-0.15, -0.1) is 0 Å². The summed E-state index contributed by atoms with van der Waals surface area (Å²) in [7, 11) is 0. The van der Waals surface area contributed by atoms with E-state index >= 15 is 0 Å². The van der Waals surface area contributed by atoms with Crippen molar-refractivity contribution < 1.29 is 0 Å². The molecule has 2 aromatic rings. The molecule has 1 atom stereocenters. The van der Waals surface area contributed by atoms with Crippen LogP contribution < -0.4 is 0 Å². The molecule has 0 saturated heterocycles. The smallest absolute Gasteiger partial charge is 0.0782 e. The van der Waals surface area contributed by atoms with Crippen LogP contribution in [0.1, 0.15) is 27.6 Å². The minimum Gasteiger partial charge on any atom is -0.198 e. The third-order valence-electron chi connectivity index (χ3n) is 2.88. The maximum Gasteiger partial charge on any atom is 0.0782 e. The second-order valence-corrected chi connectivity index (χ2v) is 5.09. The number of nitriles is 1. The van der Waals surface area contributed by atoms with Crippen molar-refractivity contribution in [2.45, 2.75) is 26.2 Å². The molecule has 0 spiro atoms. The van der Waals surface area contributed by atoms with E-state index in [1.165, 1.54) is 17.1 Å². The Morgan fingerprint density at radius 2 is 2.00 bits per heavy atom. The largest absolute Gasteiger partial charge is 0.198 e. The number of hydrogen-bond donors (Lipinski definition) is 0. The highest BCUT2D eigenvalue weighted by Crippen LogP contribution is 2.28. The first-order chi connectivity index (χ1) is 8.22. The molecule has 86 valence electrons. The summed E-state index contributed by atoms with van der Waals surface area (Å²) in [4.78, 5) is 1.16. The van der Waals surface area contributed by atoms with Crippen molar-refractivity contribution in [2.75, 3.05) is 0 Å². The summed E-state index contributed by atoms with van der Waals surface area (Å²) in [6.45, 7) is 4.02. The van der Waals surface area contributed by atoms with Crippen LogP contribution in [0.2, 0.25) is 0 Å². The molecule has 0 saturated carbocycles. The van der Waals surface area contributed by atoms with Gasteiger partial charge in [0, 0.05) is 10.4 Å². The first-order valence-corrected chi connectivity index (χ1v) is 6.36. The molecule has 0 amide bonds. The van der Waals surface area contributed by atoms with E-state index < -0.39 is 0 Å². The molecule has 0 aliphatic carbocycles. The van der Waals surface area contributed by atoms with Gasteiger partial charge in [0.25, 0.3) is 0 Å². The summed E-state index contributed by atoms with van der Waals surface area (Å²) in [5, 5.41) is 9.33. The quantitative estimate of drug-likeness (QED) is 0.824. The van der Waals surface area contributed by atoms with E-state index in [4.69, 9.17) is 0 Å². The highest BCUT2D eigenvalue weighted by molar-refractivity contribution is 7.05. The molecule has 1 unspecified atom stereocenters. The monoisotopic (exact) mass is 242 g/mol. The van der Waals surface area contributed by atoms with Gasteiger partial charge in [0.15, 0.2) is 0 Å². The highest BCUT2D eigenvalue weighted by atomic mass is 32.1. The SMILES string of the molecule is Cc1nsc(C)c1C(C#N)Cc1ccccc1. The van der Waals surface area contributed by atoms with Crippen LogP contribution in [0.4, 0.5) is 0 Å². The van der Waals surface area contributed by atoms with Gasteiger partial charge < -0.3 is 0 Å². The molecule has 0 aliphatic rings. The van der Waals surface area contributed by atoms with Crippen LogP contribution >= 0.6 is 11.5 Å². The van der Waals surface area contributed by atoms with Crippen molar-refractivity contribution in [3.63, 3.8) is 0 Å². The van der Waals surface area contributed by atoms with Crippen molar-refractivity contribution in [3.8, 4) is 6.07 Å². The first kappa shape index (κ1) is 11.8. The Balaban J connectivity index is 2.27. The van der Waals surface area contributed by atoms with Crippen LogP contribution in [0, 0.1) is 25.2 Å². The highest BCUT2D eigenvalue weighted by Gasteiger charge is 2.18. The summed E-state index contributed by atoms with van der Waals surface area (Å²) in [5.74, 6) is -0.0869. The zero-order valence-corrected chi connectivity index (χ0v) is 10.8. The van der Waals surface area contributed by atoms with Crippen molar-refractivity contribution in [2.24, 2.45) is 0 Å². The van der Waals surface area contributed by atoms with E-state index in [1.54, 1.807) is 0 Å². The predicted octanol–water partition coefficient (Wildman–Crippen LogP) is 3.61. The standard InChI is InChI=1S/C14H14N2S/c1-10-14(11(2)17-16-10)13(9-15)8-12-6-4-3-5-7-12/h3-7,13H,8H2,1-2H3.